The van der Waals surface area contributed by atoms with Crippen LogP contribution in [0.25, 0.3) is 0 Å². The number of nitrogens with zero attached hydrogens (tertiary/aromatic N) is 3. The van der Waals surface area contributed by atoms with Crippen LogP contribution in [0.4, 0.5) is 4.39 Å². The maximum Gasteiger partial charge on any atom is 0.249 e. The first-order valence-electron chi connectivity index (χ1n) is 7.91. The van der Waals surface area contributed by atoms with Crippen LogP contribution in [0.5, 0.6) is 0 Å². The van der Waals surface area contributed by atoms with Gasteiger partial charge in [-0.3, -0.25) is 9.69 Å². The third-order valence-electron chi connectivity index (χ3n) is 4.29. The Bertz CT molecular complexity index is 983. The lowest BCUT2D eigenvalue weighted by molar-refractivity contribution is -0.138. The molecule has 0 saturated carbocycles. The molecule has 0 aromatic heterocycles. The van der Waals surface area contributed by atoms with Gasteiger partial charge in [0.25, 0.3) is 0 Å². The number of thioether (sulfide) groups is 1. The molecule has 2 atom stereocenters. The summed E-state index contributed by atoms with van der Waals surface area (Å²) in [6.45, 7) is 0. The fraction of sp³-hybridized carbons (Fsp3) is 0.167. The lowest BCUT2D eigenvalue weighted by atomic mass is 9.94. The first kappa shape index (κ1) is 18.7. The minimum atomic E-state index is -0.638. The van der Waals surface area contributed by atoms with E-state index in [1.54, 1.807) is 4.90 Å². The Kier molecular flexibility index (Phi) is 5.16. The predicted molar refractivity (Wildman–Crippen MR) is 109 cm³/mol. The van der Waals surface area contributed by atoms with Crippen molar-refractivity contribution in [3.63, 3.8) is 0 Å². The number of β-lactam (4-membered cyclic amide) rings is 1. The number of rotatable bonds is 2. The van der Waals surface area contributed by atoms with Crippen LogP contribution in [0.3, 0.4) is 0 Å². The molecule has 2 aliphatic heterocycles. The van der Waals surface area contributed by atoms with E-state index in [2.05, 4.69) is 10.2 Å². The van der Waals surface area contributed by atoms with Gasteiger partial charge in [0.2, 0.25) is 5.91 Å². The topological polar surface area (TPSA) is 45.0 Å². The van der Waals surface area contributed by atoms with Crippen molar-refractivity contribution >= 4 is 63.4 Å². The molecule has 4 nitrogen and oxygen atoms in total. The summed E-state index contributed by atoms with van der Waals surface area (Å²) in [5, 5.41) is 8.38. The molecule has 0 radical (unpaired) electrons. The number of amides is 1. The molecule has 2 aliphatic rings. The van der Waals surface area contributed by atoms with Crippen molar-refractivity contribution in [2.75, 3.05) is 5.75 Å². The van der Waals surface area contributed by atoms with E-state index in [4.69, 9.17) is 34.8 Å². The molecule has 0 N–H and O–H groups in total. The zero-order chi connectivity index (χ0) is 19.1. The maximum atomic E-state index is 13.8. The van der Waals surface area contributed by atoms with Gasteiger partial charge in [-0.2, -0.15) is 5.10 Å². The summed E-state index contributed by atoms with van der Waals surface area (Å²) in [7, 11) is 0. The van der Waals surface area contributed by atoms with E-state index in [9.17, 15) is 9.18 Å². The third-order valence-corrected chi connectivity index (χ3v) is 6.27. The highest BCUT2D eigenvalue weighted by molar-refractivity contribution is 8.14. The smallest absolute Gasteiger partial charge is 0.249 e. The number of carbonyl (C=O) groups is 1. The normalized spacial score (nSPS) is 22.2. The molecule has 1 saturated heterocycles. The molecule has 1 fully saturated rings. The van der Waals surface area contributed by atoms with Gasteiger partial charge in [-0.05, 0) is 17.7 Å². The highest BCUT2D eigenvalue weighted by Crippen LogP contribution is 2.41. The molecule has 0 aliphatic carbocycles. The zero-order valence-corrected chi connectivity index (χ0v) is 16.7. The molecule has 2 unspecified atom stereocenters. The second kappa shape index (κ2) is 7.43. The Morgan fingerprint density at radius 3 is 2.52 bits per heavy atom. The van der Waals surface area contributed by atoms with Crippen molar-refractivity contribution in [2.45, 2.75) is 11.4 Å². The van der Waals surface area contributed by atoms with Crippen LogP contribution in [0, 0.1) is 5.82 Å². The number of alkyl halides is 1. The van der Waals surface area contributed by atoms with Gasteiger partial charge in [-0.1, -0.05) is 65.3 Å². The van der Waals surface area contributed by atoms with E-state index < -0.39 is 11.2 Å². The Balaban J connectivity index is 1.63. The second-order valence-corrected chi connectivity index (χ2v) is 8.16. The molecule has 2 heterocycles. The van der Waals surface area contributed by atoms with Crippen LogP contribution in [-0.2, 0) is 4.79 Å². The lowest BCUT2D eigenvalue weighted by Gasteiger charge is -2.44. The SMILES string of the molecule is O=C1C(Cl)C(c2ccccc2)N1C1=NN=C(c2cc(F)c(Cl)cc2Cl)CS1. The van der Waals surface area contributed by atoms with Gasteiger partial charge < -0.3 is 0 Å². The average Bonchev–Trinajstić information content (AvgIpc) is 2.69. The summed E-state index contributed by atoms with van der Waals surface area (Å²) in [6.07, 6.45) is 0. The van der Waals surface area contributed by atoms with Crippen LogP contribution in [0.1, 0.15) is 17.2 Å². The Labute approximate surface area is 174 Å². The maximum absolute atomic E-state index is 13.8. The number of amidine groups is 1. The van der Waals surface area contributed by atoms with Crippen LogP contribution in [-0.4, -0.2) is 32.8 Å². The van der Waals surface area contributed by atoms with E-state index in [1.165, 1.54) is 23.9 Å². The molecular weight excluding hydrogens is 432 g/mol. The van der Waals surface area contributed by atoms with Gasteiger partial charge in [0.1, 0.15) is 11.2 Å². The van der Waals surface area contributed by atoms with E-state index >= 15 is 0 Å². The molecule has 2 aromatic rings. The minimum absolute atomic E-state index is 0.0537. The molecule has 27 heavy (non-hydrogen) atoms. The summed E-state index contributed by atoms with van der Waals surface area (Å²) in [4.78, 5) is 13.8. The Hall–Kier alpha value is -1.60. The van der Waals surface area contributed by atoms with Crippen LogP contribution in [0.2, 0.25) is 10.0 Å². The number of benzene rings is 2. The molecule has 4 rings (SSSR count). The van der Waals surface area contributed by atoms with E-state index in [0.717, 1.165) is 5.56 Å². The molecule has 0 bridgehead atoms. The van der Waals surface area contributed by atoms with Crippen molar-refractivity contribution in [2.24, 2.45) is 10.2 Å². The molecule has 2 aromatic carbocycles. The molecule has 0 spiro atoms. The highest BCUT2D eigenvalue weighted by atomic mass is 35.5. The molecule has 138 valence electrons. The second-order valence-electron chi connectivity index (χ2n) is 5.93. The van der Waals surface area contributed by atoms with Crippen molar-refractivity contribution in [3.8, 4) is 0 Å². The summed E-state index contributed by atoms with van der Waals surface area (Å²) in [5.74, 6) is -0.408. The fourth-order valence-corrected chi connectivity index (χ4v) is 4.70. The first-order valence-corrected chi connectivity index (χ1v) is 10.1. The van der Waals surface area contributed by atoms with Gasteiger partial charge in [-0.25, -0.2) is 4.39 Å². The first-order chi connectivity index (χ1) is 13.0. The summed E-state index contributed by atoms with van der Waals surface area (Å²) >= 11 is 19.4. The largest absolute Gasteiger partial charge is 0.279 e. The zero-order valence-electron chi connectivity index (χ0n) is 13.6. The monoisotopic (exact) mass is 441 g/mol. The number of hydrogen-bond donors (Lipinski definition) is 0. The van der Waals surface area contributed by atoms with E-state index in [0.29, 0.717) is 27.2 Å². The van der Waals surface area contributed by atoms with Gasteiger partial charge in [0.15, 0.2) is 5.17 Å². The molecule has 9 heteroatoms. The highest BCUT2D eigenvalue weighted by Gasteiger charge is 2.50. The lowest BCUT2D eigenvalue weighted by Crippen LogP contribution is -2.58. The minimum Gasteiger partial charge on any atom is -0.279 e. The molecule has 1 amide bonds. The number of halogens is 4. The number of hydrogen-bond acceptors (Lipinski definition) is 4. The van der Waals surface area contributed by atoms with Gasteiger partial charge in [0, 0.05) is 11.3 Å². The standard InChI is InChI=1S/C18H11Cl3FN3OS/c19-11-7-12(20)13(22)6-10(11)14-8-27-18(24-23-14)25-16(15(21)17(25)26)9-4-2-1-3-5-9/h1-7,15-16H,8H2. The van der Waals surface area contributed by atoms with E-state index in [1.807, 2.05) is 30.3 Å². The van der Waals surface area contributed by atoms with Gasteiger partial charge in [-0.15, -0.1) is 16.7 Å². The van der Waals surface area contributed by atoms with Crippen molar-refractivity contribution in [3.05, 3.63) is 69.5 Å². The summed E-state index contributed by atoms with van der Waals surface area (Å²) < 4.78 is 13.8. The van der Waals surface area contributed by atoms with Crippen LogP contribution < -0.4 is 0 Å². The van der Waals surface area contributed by atoms with Crippen molar-refractivity contribution < 1.29 is 9.18 Å². The van der Waals surface area contributed by atoms with Crippen molar-refractivity contribution in [1.29, 1.82) is 0 Å². The predicted octanol–water partition coefficient (Wildman–Crippen LogP) is 5.13. The third kappa shape index (κ3) is 3.36. The Morgan fingerprint density at radius 1 is 1.11 bits per heavy atom. The number of likely N-dealkylation sites (tertiary alicyclic amines) is 1. The fourth-order valence-electron chi connectivity index (χ4n) is 2.92. The summed E-state index contributed by atoms with van der Waals surface area (Å²) in [5.41, 5.74) is 1.87. The Morgan fingerprint density at radius 2 is 1.85 bits per heavy atom. The van der Waals surface area contributed by atoms with Crippen molar-refractivity contribution in [1.82, 2.24) is 4.90 Å². The van der Waals surface area contributed by atoms with Gasteiger partial charge >= 0.3 is 0 Å². The summed E-state index contributed by atoms with van der Waals surface area (Å²) in [6, 6.07) is 11.8. The molecular formula is C18H11Cl3FN3OS. The quantitative estimate of drug-likeness (QED) is 0.368. The van der Waals surface area contributed by atoms with E-state index in [-0.39, 0.29) is 17.0 Å². The average molecular weight is 443 g/mol. The van der Waals surface area contributed by atoms with Crippen LogP contribution >= 0.6 is 46.6 Å². The van der Waals surface area contributed by atoms with Crippen LogP contribution in [0.15, 0.2) is 52.7 Å². The number of carbonyl (C=O) groups excluding carboxylic acids is 1. The van der Waals surface area contributed by atoms with Gasteiger partial charge in [0.05, 0.1) is 21.8 Å².